The molecule has 2 heterocycles. The Balaban J connectivity index is 2.64. The predicted octanol–water partition coefficient (Wildman–Crippen LogP) is 2.40. The van der Waals surface area contributed by atoms with Crippen molar-refractivity contribution in [1.29, 1.82) is 0 Å². The fraction of sp³-hybridized carbons (Fsp3) is 0.154. The van der Waals surface area contributed by atoms with Crippen LogP contribution in [0.25, 0.3) is 21.0 Å². The van der Waals surface area contributed by atoms with Gasteiger partial charge in [-0.05, 0) is 25.5 Å². The predicted molar refractivity (Wildman–Crippen MR) is 75.1 cm³/mol. The zero-order chi connectivity index (χ0) is 12.9. The molecule has 2 aromatic heterocycles. The number of pyridine rings is 1. The van der Waals surface area contributed by atoms with Gasteiger partial charge in [0.25, 0.3) is 5.56 Å². The molecule has 0 saturated heterocycles. The Labute approximate surface area is 107 Å². The SMILES string of the molecule is Cc1cc(C)c2ncc3c(=O)nc(N)sc3c2c1. The zero-order valence-electron chi connectivity index (χ0n) is 10.0. The van der Waals surface area contributed by atoms with Gasteiger partial charge >= 0.3 is 0 Å². The first-order valence-electron chi connectivity index (χ1n) is 5.52. The third-order valence-electron chi connectivity index (χ3n) is 2.91. The Morgan fingerprint density at radius 3 is 2.78 bits per heavy atom. The zero-order valence-corrected chi connectivity index (χ0v) is 10.8. The molecule has 0 aliphatic heterocycles. The lowest BCUT2D eigenvalue weighted by Crippen LogP contribution is -2.08. The molecule has 0 saturated carbocycles. The van der Waals surface area contributed by atoms with Crippen molar-refractivity contribution < 1.29 is 0 Å². The molecule has 0 bridgehead atoms. The minimum atomic E-state index is -0.310. The summed E-state index contributed by atoms with van der Waals surface area (Å²) in [6, 6.07) is 4.11. The molecule has 0 unspecified atom stereocenters. The van der Waals surface area contributed by atoms with Gasteiger partial charge in [0.1, 0.15) is 0 Å². The van der Waals surface area contributed by atoms with Gasteiger partial charge in [-0.3, -0.25) is 9.78 Å². The molecule has 1 aromatic carbocycles. The summed E-state index contributed by atoms with van der Waals surface area (Å²) >= 11 is 1.33. The molecule has 3 rings (SSSR count). The second-order valence-corrected chi connectivity index (χ2v) is 5.37. The van der Waals surface area contributed by atoms with E-state index in [2.05, 4.69) is 16.0 Å². The van der Waals surface area contributed by atoms with Gasteiger partial charge in [0.05, 0.1) is 15.6 Å². The van der Waals surface area contributed by atoms with Gasteiger partial charge in [0, 0.05) is 11.6 Å². The van der Waals surface area contributed by atoms with Gasteiger partial charge in [-0.15, -0.1) is 0 Å². The highest BCUT2D eigenvalue weighted by Crippen LogP contribution is 2.29. The Kier molecular flexibility index (Phi) is 2.31. The standard InChI is InChI=1S/C13H11N3OS/c1-6-3-7(2)10-8(4-6)11-9(5-15-10)12(17)16-13(14)18-11/h3-5H,1-2H3,(H2,14,16,17). The molecular formula is C13H11N3OS. The smallest absolute Gasteiger partial charge is 0.282 e. The summed E-state index contributed by atoms with van der Waals surface area (Å²) in [7, 11) is 0. The number of aromatic nitrogens is 2. The maximum Gasteiger partial charge on any atom is 0.282 e. The summed E-state index contributed by atoms with van der Waals surface area (Å²) in [6.45, 7) is 4.04. The van der Waals surface area contributed by atoms with Gasteiger partial charge in [0.2, 0.25) is 0 Å². The average Bonchev–Trinajstić information content (AvgIpc) is 2.28. The maximum absolute atomic E-state index is 11.8. The molecule has 3 aromatic rings. The number of hydrogen-bond acceptors (Lipinski definition) is 5. The first-order valence-corrected chi connectivity index (χ1v) is 6.34. The lowest BCUT2D eigenvalue weighted by Gasteiger charge is -2.06. The van der Waals surface area contributed by atoms with E-state index in [-0.39, 0.29) is 5.56 Å². The lowest BCUT2D eigenvalue weighted by atomic mass is 10.1. The number of aryl methyl sites for hydroxylation is 2. The van der Waals surface area contributed by atoms with Crippen molar-refractivity contribution in [1.82, 2.24) is 9.97 Å². The van der Waals surface area contributed by atoms with Crippen molar-refractivity contribution in [3.05, 3.63) is 39.8 Å². The van der Waals surface area contributed by atoms with Crippen LogP contribution < -0.4 is 11.3 Å². The molecule has 0 atom stereocenters. The second kappa shape index (κ2) is 3.74. The van der Waals surface area contributed by atoms with Crippen LogP contribution in [0.1, 0.15) is 11.1 Å². The van der Waals surface area contributed by atoms with Crippen LogP contribution in [0.2, 0.25) is 0 Å². The summed E-state index contributed by atoms with van der Waals surface area (Å²) in [5.41, 5.74) is 8.52. The summed E-state index contributed by atoms with van der Waals surface area (Å²) in [4.78, 5) is 19.9. The van der Waals surface area contributed by atoms with Crippen LogP contribution in [0.4, 0.5) is 5.13 Å². The van der Waals surface area contributed by atoms with Crippen molar-refractivity contribution >= 4 is 37.5 Å². The maximum atomic E-state index is 11.8. The Morgan fingerprint density at radius 2 is 2.00 bits per heavy atom. The molecular weight excluding hydrogens is 246 g/mol. The number of hydrogen-bond donors (Lipinski definition) is 1. The number of fused-ring (bicyclic) bond motifs is 3. The highest BCUT2D eigenvalue weighted by molar-refractivity contribution is 7.22. The van der Waals surface area contributed by atoms with E-state index >= 15 is 0 Å². The second-order valence-electron chi connectivity index (χ2n) is 4.34. The molecule has 0 spiro atoms. The molecule has 18 heavy (non-hydrogen) atoms. The number of benzene rings is 1. The highest BCUT2D eigenvalue weighted by Gasteiger charge is 2.09. The first-order chi connectivity index (χ1) is 8.56. The van der Waals surface area contributed by atoms with Crippen LogP contribution in [0, 0.1) is 13.8 Å². The van der Waals surface area contributed by atoms with Crippen LogP contribution >= 0.6 is 11.3 Å². The molecule has 90 valence electrons. The van der Waals surface area contributed by atoms with Crippen molar-refractivity contribution in [2.75, 3.05) is 5.73 Å². The Bertz CT molecular complexity index is 839. The number of nitrogen functional groups attached to an aromatic ring is 1. The van der Waals surface area contributed by atoms with E-state index in [1.54, 1.807) is 6.20 Å². The van der Waals surface area contributed by atoms with E-state index in [0.29, 0.717) is 10.5 Å². The summed E-state index contributed by atoms with van der Waals surface area (Å²) in [5, 5.41) is 1.80. The monoisotopic (exact) mass is 257 g/mol. The van der Waals surface area contributed by atoms with Gasteiger partial charge in [-0.25, -0.2) is 0 Å². The summed E-state index contributed by atoms with van der Waals surface area (Å²) < 4.78 is 0.865. The molecule has 0 aliphatic carbocycles. The molecule has 0 radical (unpaired) electrons. The Morgan fingerprint density at radius 1 is 1.22 bits per heavy atom. The molecule has 0 amide bonds. The number of anilines is 1. The van der Waals surface area contributed by atoms with E-state index in [0.717, 1.165) is 26.7 Å². The molecule has 0 aliphatic rings. The number of nitrogens with zero attached hydrogens (tertiary/aromatic N) is 2. The van der Waals surface area contributed by atoms with Crippen LogP contribution in [0.3, 0.4) is 0 Å². The van der Waals surface area contributed by atoms with Crippen molar-refractivity contribution in [2.24, 2.45) is 0 Å². The van der Waals surface area contributed by atoms with E-state index in [1.165, 1.54) is 11.3 Å². The average molecular weight is 257 g/mol. The minimum Gasteiger partial charge on any atom is -0.375 e. The molecule has 0 fully saturated rings. The largest absolute Gasteiger partial charge is 0.375 e. The highest BCUT2D eigenvalue weighted by atomic mass is 32.1. The van der Waals surface area contributed by atoms with Gasteiger partial charge in [-0.1, -0.05) is 23.0 Å². The van der Waals surface area contributed by atoms with E-state index in [9.17, 15) is 4.79 Å². The minimum absolute atomic E-state index is 0.291. The molecule has 5 heteroatoms. The first kappa shape index (κ1) is 11.1. The fourth-order valence-electron chi connectivity index (χ4n) is 2.19. The van der Waals surface area contributed by atoms with Crippen molar-refractivity contribution in [3.8, 4) is 0 Å². The summed E-state index contributed by atoms with van der Waals surface area (Å²) in [6.07, 6.45) is 1.59. The van der Waals surface area contributed by atoms with Crippen LogP contribution in [-0.4, -0.2) is 9.97 Å². The van der Waals surface area contributed by atoms with Crippen LogP contribution in [-0.2, 0) is 0 Å². The quantitative estimate of drug-likeness (QED) is 0.628. The van der Waals surface area contributed by atoms with Crippen molar-refractivity contribution in [2.45, 2.75) is 13.8 Å². The third-order valence-corrected chi connectivity index (χ3v) is 3.85. The van der Waals surface area contributed by atoms with Crippen molar-refractivity contribution in [3.63, 3.8) is 0 Å². The molecule has 2 N–H and O–H groups in total. The van der Waals surface area contributed by atoms with Crippen LogP contribution in [0.5, 0.6) is 0 Å². The third kappa shape index (κ3) is 1.55. The fourth-order valence-corrected chi connectivity index (χ4v) is 3.04. The topological polar surface area (TPSA) is 68.9 Å². The number of nitrogens with two attached hydrogens (primary N) is 1. The molecule has 4 nitrogen and oxygen atoms in total. The van der Waals surface area contributed by atoms with Gasteiger partial charge < -0.3 is 5.73 Å². The van der Waals surface area contributed by atoms with E-state index in [4.69, 9.17) is 5.73 Å². The van der Waals surface area contributed by atoms with Crippen LogP contribution in [0.15, 0.2) is 23.1 Å². The Hall–Kier alpha value is -2.01. The van der Waals surface area contributed by atoms with Gasteiger partial charge in [-0.2, -0.15) is 4.98 Å². The van der Waals surface area contributed by atoms with E-state index in [1.807, 2.05) is 19.9 Å². The van der Waals surface area contributed by atoms with Gasteiger partial charge in [0.15, 0.2) is 5.13 Å². The lowest BCUT2D eigenvalue weighted by molar-refractivity contribution is 1.30. The normalized spacial score (nSPS) is 11.2. The van der Waals surface area contributed by atoms with E-state index < -0.39 is 0 Å². The number of rotatable bonds is 0. The summed E-state index contributed by atoms with van der Waals surface area (Å²) in [5.74, 6) is 0.